The van der Waals surface area contributed by atoms with E-state index in [-0.39, 0.29) is 17.1 Å². The Labute approximate surface area is 177 Å². The maximum atomic E-state index is 12.8. The number of hydrogen-bond acceptors (Lipinski definition) is 6. The van der Waals surface area contributed by atoms with Gasteiger partial charge >= 0.3 is 5.97 Å². The van der Waals surface area contributed by atoms with Crippen molar-refractivity contribution < 1.29 is 27.4 Å². The molecule has 8 heteroatoms. The molecule has 0 amide bonds. The number of esters is 1. The highest BCUT2D eigenvalue weighted by Gasteiger charge is 2.25. The molecule has 162 valence electrons. The van der Waals surface area contributed by atoms with E-state index in [4.69, 9.17) is 14.2 Å². The number of methoxy groups -OCH3 is 2. The minimum atomic E-state index is -3.55. The molecule has 0 N–H and O–H groups in total. The van der Waals surface area contributed by atoms with Gasteiger partial charge in [0.15, 0.2) is 0 Å². The summed E-state index contributed by atoms with van der Waals surface area (Å²) < 4.78 is 43.1. The fourth-order valence-corrected chi connectivity index (χ4v) is 4.93. The molecule has 1 heterocycles. The summed E-state index contributed by atoms with van der Waals surface area (Å²) in [6, 6.07) is 11.1. The lowest BCUT2D eigenvalue weighted by Gasteiger charge is -2.20. The monoisotopic (exact) mass is 433 g/mol. The molecule has 1 aliphatic rings. The van der Waals surface area contributed by atoms with E-state index in [1.807, 2.05) is 0 Å². The molecule has 2 aromatic carbocycles. The van der Waals surface area contributed by atoms with Crippen LogP contribution in [-0.2, 0) is 21.4 Å². The lowest BCUT2D eigenvalue weighted by Crippen LogP contribution is -2.31. The molecule has 0 unspecified atom stereocenters. The average molecular weight is 434 g/mol. The summed E-state index contributed by atoms with van der Waals surface area (Å²) in [6.45, 7) is 1.08. The molecule has 30 heavy (non-hydrogen) atoms. The van der Waals surface area contributed by atoms with Crippen LogP contribution in [0.5, 0.6) is 11.5 Å². The van der Waals surface area contributed by atoms with Gasteiger partial charge in [-0.1, -0.05) is 12.8 Å². The van der Waals surface area contributed by atoms with E-state index in [2.05, 4.69) is 0 Å². The van der Waals surface area contributed by atoms with E-state index in [0.717, 1.165) is 25.7 Å². The number of benzene rings is 2. The Kier molecular flexibility index (Phi) is 7.33. The molecule has 2 aromatic rings. The van der Waals surface area contributed by atoms with Crippen LogP contribution < -0.4 is 9.47 Å². The van der Waals surface area contributed by atoms with E-state index >= 15 is 0 Å². The molecule has 0 aromatic heterocycles. The average Bonchev–Trinajstić information content (AvgIpc) is 3.07. The lowest BCUT2D eigenvalue weighted by molar-refractivity contribution is 0.0469. The van der Waals surface area contributed by atoms with Crippen molar-refractivity contribution in [2.45, 2.75) is 37.2 Å². The fourth-order valence-electron chi connectivity index (χ4n) is 3.42. The first-order valence-corrected chi connectivity index (χ1v) is 11.4. The Morgan fingerprint density at radius 3 is 2.20 bits per heavy atom. The Morgan fingerprint density at radius 2 is 1.60 bits per heavy atom. The van der Waals surface area contributed by atoms with Crippen LogP contribution in [0.3, 0.4) is 0 Å². The van der Waals surface area contributed by atoms with Gasteiger partial charge in [0, 0.05) is 18.7 Å². The van der Waals surface area contributed by atoms with Gasteiger partial charge in [-0.15, -0.1) is 0 Å². The Balaban J connectivity index is 1.68. The van der Waals surface area contributed by atoms with E-state index in [0.29, 0.717) is 30.2 Å². The fraction of sp³-hybridized carbons (Fsp3) is 0.409. The molecule has 0 saturated carbocycles. The van der Waals surface area contributed by atoms with Gasteiger partial charge < -0.3 is 14.2 Å². The van der Waals surface area contributed by atoms with E-state index in [1.54, 1.807) is 25.3 Å². The van der Waals surface area contributed by atoms with E-state index in [1.165, 1.54) is 35.7 Å². The molecular formula is C22H27NO6S. The summed E-state index contributed by atoms with van der Waals surface area (Å²) in [7, 11) is -0.456. The van der Waals surface area contributed by atoms with Gasteiger partial charge in [-0.3, -0.25) is 0 Å². The van der Waals surface area contributed by atoms with Crippen molar-refractivity contribution in [3.63, 3.8) is 0 Å². The van der Waals surface area contributed by atoms with Crippen LogP contribution in [-0.4, -0.2) is 46.0 Å². The minimum Gasteiger partial charge on any atom is -0.497 e. The van der Waals surface area contributed by atoms with E-state index < -0.39 is 16.0 Å². The molecule has 0 aliphatic carbocycles. The van der Waals surface area contributed by atoms with Crippen LogP contribution in [0.2, 0.25) is 0 Å². The largest absolute Gasteiger partial charge is 0.497 e. The van der Waals surface area contributed by atoms with Crippen LogP contribution in [0.4, 0.5) is 0 Å². The predicted octanol–water partition coefficient (Wildman–Crippen LogP) is 3.63. The highest BCUT2D eigenvalue weighted by Crippen LogP contribution is 2.25. The highest BCUT2D eigenvalue weighted by atomic mass is 32.2. The third-order valence-electron chi connectivity index (χ3n) is 5.14. The molecule has 1 saturated heterocycles. The van der Waals surface area contributed by atoms with Crippen LogP contribution in [0.15, 0.2) is 47.4 Å². The SMILES string of the molecule is COc1ccc(OC)c(COC(=O)c2ccc(S(=O)(=O)N3CCCCCC3)cc2)c1. The molecule has 1 aliphatic heterocycles. The standard InChI is InChI=1S/C22H27NO6S/c1-27-19-9-12-21(28-2)18(15-19)16-29-22(24)17-7-10-20(11-8-17)30(25,26)23-13-5-3-4-6-14-23/h7-12,15H,3-6,13-14,16H2,1-2H3. The second-order valence-corrected chi connectivity index (χ2v) is 9.03. The van der Waals surface area contributed by atoms with Crippen LogP contribution in [0.1, 0.15) is 41.6 Å². The predicted molar refractivity (Wildman–Crippen MR) is 112 cm³/mol. The van der Waals surface area contributed by atoms with Gasteiger partial charge in [0.25, 0.3) is 0 Å². The second kappa shape index (κ2) is 9.95. The maximum absolute atomic E-state index is 12.8. The first kappa shape index (κ1) is 22.1. The molecule has 7 nitrogen and oxygen atoms in total. The second-order valence-electron chi connectivity index (χ2n) is 7.10. The first-order valence-electron chi connectivity index (χ1n) is 9.94. The molecule has 3 rings (SSSR count). The Morgan fingerprint density at radius 1 is 0.933 bits per heavy atom. The third-order valence-corrected chi connectivity index (χ3v) is 7.05. The smallest absolute Gasteiger partial charge is 0.338 e. The number of ether oxygens (including phenoxy) is 3. The minimum absolute atomic E-state index is 0.00698. The summed E-state index contributed by atoms with van der Waals surface area (Å²) in [4.78, 5) is 12.6. The maximum Gasteiger partial charge on any atom is 0.338 e. The first-order chi connectivity index (χ1) is 14.5. The third kappa shape index (κ3) is 5.12. The van der Waals surface area contributed by atoms with Crippen molar-refractivity contribution in [2.24, 2.45) is 0 Å². The molecular weight excluding hydrogens is 406 g/mol. The van der Waals surface area contributed by atoms with Gasteiger partial charge in [0.1, 0.15) is 18.1 Å². The Bertz CT molecular complexity index is 964. The summed E-state index contributed by atoms with van der Waals surface area (Å²) in [5, 5.41) is 0. The van der Waals surface area contributed by atoms with Crippen molar-refractivity contribution in [1.82, 2.24) is 4.31 Å². The summed E-state index contributed by atoms with van der Waals surface area (Å²) >= 11 is 0. The van der Waals surface area contributed by atoms with Crippen molar-refractivity contribution >= 4 is 16.0 Å². The number of carbonyl (C=O) groups is 1. The van der Waals surface area contributed by atoms with Gasteiger partial charge in [-0.2, -0.15) is 4.31 Å². The number of nitrogens with zero attached hydrogens (tertiary/aromatic N) is 1. The Hall–Kier alpha value is -2.58. The summed E-state index contributed by atoms with van der Waals surface area (Å²) in [6.07, 6.45) is 3.85. The molecule has 0 atom stereocenters. The van der Waals surface area contributed by atoms with Crippen LogP contribution in [0.25, 0.3) is 0 Å². The van der Waals surface area contributed by atoms with Gasteiger partial charge in [0.05, 0.1) is 24.7 Å². The number of carbonyl (C=O) groups excluding carboxylic acids is 1. The highest BCUT2D eigenvalue weighted by molar-refractivity contribution is 7.89. The zero-order chi connectivity index (χ0) is 21.6. The van der Waals surface area contributed by atoms with Crippen molar-refractivity contribution in [3.8, 4) is 11.5 Å². The van der Waals surface area contributed by atoms with Gasteiger partial charge in [0.2, 0.25) is 10.0 Å². The van der Waals surface area contributed by atoms with Gasteiger partial charge in [-0.25, -0.2) is 13.2 Å². The molecule has 0 spiro atoms. The summed E-state index contributed by atoms with van der Waals surface area (Å²) in [5.41, 5.74) is 0.956. The summed E-state index contributed by atoms with van der Waals surface area (Å²) in [5.74, 6) is 0.672. The van der Waals surface area contributed by atoms with Crippen LogP contribution in [0, 0.1) is 0 Å². The lowest BCUT2D eigenvalue weighted by atomic mass is 10.2. The molecule has 1 fully saturated rings. The molecule has 0 bridgehead atoms. The van der Waals surface area contributed by atoms with Crippen molar-refractivity contribution in [3.05, 3.63) is 53.6 Å². The van der Waals surface area contributed by atoms with Gasteiger partial charge in [-0.05, 0) is 55.3 Å². The zero-order valence-electron chi connectivity index (χ0n) is 17.3. The normalized spacial score (nSPS) is 15.3. The molecule has 0 radical (unpaired) electrons. The zero-order valence-corrected chi connectivity index (χ0v) is 18.1. The van der Waals surface area contributed by atoms with Crippen molar-refractivity contribution in [1.29, 1.82) is 0 Å². The van der Waals surface area contributed by atoms with Crippen molar-refractivity contribution in [2.75, 3.05) is 27.3 Å². The number of hydrogen-bond donors (Lipinski definition) is 0. The quantitative estimate of drug-likeness (QED) is 0.620. The number of sulfonamides is 1. The van der Waals surface area contributed by atoms with Crippen LogP contribution >= 0.6 is 0 Å². The number of rotatable bonds is 7. The van der Waals surface area contributed by atoms with E-state index in [9.17, 15) is 13.2 Å². The topological polar surface area (TPSA) is 82.1 Å².